The number of hydrogen-bond donors (Lipinski definition) is 3. The minimum Gasteiger partial charge on any atom is -0.504 e. The lowest BCUT2D eigenvalue weighted by Crippen LogP contribution is -2.44. The van der Waals surface area contributed by atoms with E-state index in [-0.39, 0.29) is 30.6 Å². The Morgan fingerprint density at radius 1 is 1.35 bits per heavy atom. The molecule has 1 rings (SSSR count). The van der Waals surface area contributed by atoms with Gasteiger partial charge in [0.25, 0.3) is 0 Å². The molecule has 0 saturated heterocycles. The van der Waals surface area contributed by atoms with Crippen LogP contribution in [-0.4, -0.2) is 46.8 Å². The minimum atomic E-state index is -0.834. The predicted octanol–water partition coefficient (Wildman–Crippen LogP) is -0.0534. The van der Waals surface area contributed by atoms with Crippen LogP contribution >= 0.6 is 0 Å². The molecule has 7 heteroatoms. The van der Waals surface area contributed by atoms with Gasteiger partial charge < -0.3 is 25.6 Å². The second-order valence-corrected chi connectivity index (χ2v) is 4.43. The summed E-state index contributed by atoms with van der Waals surface area (Å²) in [6.45, 7) is 1.08. The SMILES string of the molecule is CC(=O)OCN(C)C(=O)C(N)Cc1ccc(O)c(O)c1. The van der Waals surface area contributed by atoms with Crippen LogP contribution in [-0.2, 0) is 20.7 Å². The molecule has 20 heavy (non-hydrogen) atoms. The Morgan fingerprint density at radius 3 is 2.55 bits per heavy atom. The Hall–Kier alpha value is -2.28. The van der Waals surface area contributed by atoms with Crippen LogP contribution in [0.2, 0.25) is 0 Å². The van der Waals surface area contributed by atoms with E-state index in [9.17, 15) is 19.8 Å². The maximum absolute atomic E-state index is 11.9. The average Bonchev–Trinajstić information content (AvgIpc) is 2.39. The molecule has 0 aliphatic carbocycles. The molecule has 1 atom stereocenters. The van der Waals surface area contributed by atoms with Crippen LogP contribution in [0, 0.1) is 0 Å². The lowest BCUT2D eigenvalue weighted by molar-refractivity contribution is -0.150. The van der Waals surface area contributed by atoms with Crippen molar-refractivity contribution in [3.63, 3.8) is 0 Å². The quantitative estimate of drug-likeness (QED) is 0.396. The summed E-state index contributed by atoms with van der Waals surface area (Å²) < 4.78 is 4.70. The zero-order valence-electron chi connectivity index (χ0n) is 11.4. The van der Waals surface area contributed by atoms with Crippen molar-refractivity contribution in [3.05, 3.63) is 23.8 Å². The summed E-state index contributed by atoms with van der Waals surface area (Å²) in [5.41, 5.74) is 6.38. The number of nitrogens with two attached hydrogens (primary N) is 1. The first-order chi connectivity index (χ1) is 9.31. The van der Waals surface area contributed by atoms with Gasteiger partial charge >= 0.3 is 5.97 Å². The van der Waals surface area contributed by atoms with E-state index >= 15 is 0 Å². The Kier molecular flexibility index (Phi) is 5.33. The number of phenols is 2. The van der Waals surface area contributed by atoms with Crippen LogP contribution in [0.1, 0.15) is 12.5 Å². The van der Waals surface area contributed by atoms with Crippen molar-refractivity contribution in [2.45, 2.75) is 19.4 Å². The van der Waals surface area contributed by atoms with Gasteiger partial charge in [-0.3, -0.25) is 9.59 Å². The highest BCUT2D eigenvalue weighted by molar-refractivity contribution is 5.81. The molecule has 110 valence electrons. The third-order valence-electron chi connectivity index (χ3n) is 2.65. The highest BCUT2D eigenvalue weighted by atomic mass is 16.5. The number of esters is 1. The van der Waals surface area contributed by atoms with Crippen molar-refractivity contribution in [2.24, 2.45) is 5.73 Å². The molecule has 0 heterocycles. The second-order valence-electron chi connectivity index (χ2n) is 4.43. The molecule has 0 fully saturated rings. The molecule has 0 radical (unpaired) electrons. The molecule has 1 unspecified atom stereocenters. The fraction of sp³-hybridized carbons (Fsp3) is 0.385. The number of hydrogen-bond acceptors (Lipinski definition) is 6. The van der Waals surface area contributed by atoms with Crippen molar-refractivity contribution >= 4 is 11.9 Å². The van der Waals surface area contributed by atoms with Gasteiger partial charge in [-0.15, -0.1) is 0 Å². The summed E-state index contributed by atoms with van der Waals surface area (Å²) in [6.07, 6.45) is 0.192. The van der Waals surface area contributed by atoms with E-state index in [0.717, 1.165) is 0 Å². The van der Waals surface area contributed by atoms with E-state index in [1.54, 1.807) is 6.07 Å². The molecule has 1 aromatic rings. The summed E-state index contributed by atoms with van der Waals surface area (Å²) in [5.74, 6) is -1.38. The van der Waals surface area contributed by atoms with E-state index < -0.39 is 12.0 Å². The number of aromatic hydroxyl groups is 2. The second kappa shape index (κ2) is 6.76. The number of amides is 1. The number of benzene rings is 1. The van der Waals surface area contributed by atoms with Gasteiger partial charge in [0.15, 0.2) is 18.2 Å². The van der Waals surface area contributed by atoms with Gasteiger partial charge in [-0.2, -0.15) is 0 Å². The molecule has 0 aromatic heterocycles. The number of ether oxygens (including phenoxy) is 1. The Labute approximate surface area is 116 Å². The van der Waals surface area contributed by atoms with Gasteiger partial charge in [-0.05, 0) is 24.1 Å². The number of carbonyl (C=O) groups excluding carboxylic acids is 2. The predicted molar refractivity (Wildman–Crippen MR) is 70.9 cm³/mol. The molecule has 0 aliphatic rings. The number of phenolic OH excluding ortho intramolecular Hbond substituents is 2. The van der Waals surface area contributed by atoms with E-state index in [1.165, 1.54) is 31.0 Å². The van der Waals surface area contributed by atoms with Crippen LogP contribution in [0.5, 0.6) is 11.5 Å². The van der Waals surface area contributed by atoms with Crippen LogP contribution < -0.4 is 5.73 Å². The van der Waals surface area contributed by atoms with E-state index in [4.69, 9.17) is 10.5 Å². The van der Waals surface area contributed by atoms with Gasteiger partial charge in [0.2, 0.25) is 5.91 Å². The highest BCUT2D eigenvalue weighted by Crippen LogP contribution is 2.25. The Morgan fingerprint density at radius 2 is 2.00 bits per heavy atom. The third kappa shape index (κ3) is 4.43. The molecule has 7 nitrogen and oxygen atoms in total. The number of likely N-dealkylation sites (N-methyl/N-ethyl adjacent to an activating group) is 1. The van der Waals surface area contributed by atoms with Crippen LogP contribution in [0.4, 0.5) is 0 Å². The van der Waals surface area contributed by atoms with Gasteiger partial charge in [0.05, 0.1) is 6.04 Å². The lowest BCUT2D eigenvalue weighted by atomic mass is 10.1. The molecule has 0 saturated carbocycles. The van der Waals surface area contributed by atoms with Crippen molar-refractivity contribution in [3.8, 4) is 11.5 Å². The summed E-state index contributed by atoms with van der Waals surface area (Å²) >= 11 is 0. The van der Waals surface area contributed by atoms with E-state index in [1.807, 2.05) is 0 Å². The normalized spacial score (nSPS) is 11.8. The zero-order valence-corrected chi connectivity index (χ0v) is 11.4. The number of rotatable bonds is 5. The first-order valence-electron chi connectivity index (χ1n) is 5.96. The Bertz CT molecular complexity index is 504. The van der Waals surface area contributed by atoms with Crippen molar-refractivity contribution in [1.82, 2.24) is 4.90 Å². The van der Waals surface area contributed by atoms with Gasteiger partial charge in [-0.1, -0.05) is 6.07 Å². The molecule has 0 bridgehead atoms. The Balaban J connectivity index is 2.60. The van der Waals surface area contributed by atoms with Gasteiger partial charge in [-0.25, -0.2) is 0 Å². The fourth-order valence-corrected chi connectivity index (χ4v) is 1.57. The fourth-order valence-electron chi connectivity index (χ4n) is 1.57. The third-order valence-corrected chi connectivity index (χ3v) is 2.65. The summed E-state index contributed by atoms with van der Waals surface area (Å²) in [7, 11) is 1.47. The topological polar surface area (TPSA) is 113 Å². The standard InChI is InChI=1S/C13H18N2O5/c1-8(16)20-7-15(2)13(19)10(14)5-9-3-4-11(17)12(18)6-9/h3-4,6,10,17-18H,5,7,14H2,1-2H3. The summed E-state index contributed by atoms with van der Waals surface area (Å²) in [4.78, 5) is 23.8. The summed E-state index contributed by atoms with van der Waals surface area (Å²) in [5, 5.41) is 18.6. The van der Waals surface area contributed by atoms with Gasteiger partial charge in [0.1, 0.15) is 0 Å². The molecular weight excluding hydrogens is 264 g/mol. The molecule has 1 aromatic carbocycles. The first-order valence-corrected chi connectivity index (χ1v) is 5.96. The molecular formula is C13H18N2O5. The van der Waals surface area contributed by atoms with E-state index in [2.05, 4.69) is 0 Å². The number of carbonyl (C=O) groups is 2. The van der Waals surface area contributed by atoms with Crippen LogP contribution in [0.15, 0.2) is 18.2 Å². The lowest BCUT2D eigenvalue weighted by Gasteiger charge is -2.20. The molecule has 0 spiro atoms. The van der Waals surface area contributed by atoms with Crippen molar-refractivity contribution < 1.29 is 24.5 Å². The van der Waals surface area contributed by atoms with Crippen LogP contribution in [0.3, 0.4) is 0 Å². The molecule has 4 N–H and O–H groups in total. The van der Waals surface area contributed by atoms with E-state index in [0.29, 0.717) is 5.56 Å². The smallest absolute Gasteiger partial charge is 0.304 e. The van der Waals surface area contributed by atoms with Crippen molar-refractivity contribution in [2.75, 3.05) is 13.8 Å². The van der Waals surface area contributed by atoms with Crippen LogP contribution in [0.25, 0.3) is 0 Å². The highest BCUT2D eigenvalue weighted by Gasteiger charge is 2.19. The van der Waals surface area contributed by atoms with Crippen molar-refractivity contribution in [1.29, 1.82) is 0 Å². The maximum Gasteiger partial charge on any atom is 0.304 e. The summed E-state index contributed by atoms with van der Waals surface area (Å²) in [6, 6.07) is 3.40. The number of nitrogens with zero attached hydrogens (tertiary/aromatic N) is 1. The first kappa shape index (κ1) is 15.8. The molecule has 1 amide bonds. The minimum absolute atomic E-state index is 0.164. The largest absolute Gasteiger partial charge is 0.504 e. The maximum atomic E-state index is 11.9. The van der Waals surface area contributed by atoms with Gasteiger partial charge in [0, 0.05) is 14.0 Å². The average molecular weight is 282 g/mol. The monoisotopic (exact) mass is 282 g/mol. The molecule has 0 aliphatic heterocycles. The zero-order chi connectivity index (χ0) is 15.3.